The van der Waals surface area contributed by atoms with Crippen LogP contribution in [0.15, 0.2) is 41.5 Å². The van der Waals surface area contributed by atoms with Gasteiger partial charge in [-0.25, -0.2) is 4.98 Å². The zero-order valence-electron chi connectivity index (χ0n) is 14.5. The first-order valence-electron chi connectivity index (χ1n) is 7.84. The SMILES string of the molecule is COc1ccc(Nc2nc(Nc3c[nH]c(=O)cc3C)ncc2Cl)c(NS)c1. The number of H-pyrrole nitrogens is 1. The Morgan fingerprint density at radius 2 is 2.00 bits per heavy atom. The maximum absolute atomic E-state index is 11.3. The maximum atomic E-state index is 11.3. The predicted octanol–water partition coefficient (Wildman–Crippen LogP) is 3.88. The van der Waals surface area contributed by atoms with Gasteiger partial charge in [-0.05, 0) is 24.6 Å². The van der Waals surface area contributed by atoms with Crippen LogP contribution in [0.1, 0.15) is 5.56 Å². The number of halogens is 1. The second-order valence-electron chi connectivity index (χ2n) is 5.56. The lowest BCUT2D eigenvalue weighted by Gasteiger charge is -2.14. The van der Waals surface area contributed by atoms with Gasteiger partial charge in [0.05, 0.1) is 30.4 Å². The van der Waals surface area contributed by atoms with Crippen molar-refractivity contribution in [3.8, 4) is 5.75 Å². The molecule has 0 aliphatic carbocycles. The average Bonchev–Trinajstić information content (AvgIpc) is 2.66. The minimum Gasteiger partial charge on any atom is -0.497 e. The van der Waals surface area contributed by atoms with Gasteiger partial charge in [0.1, 0.15) is 10.8 Å². The fourth-order valence-electron chi connectivity index (χ4n) is 2.32. The molecule has 0 aliphatic rings. The Kier molecular flexibility index (Phi) is 5.72. The van der Waals surface area contributed by atoms with Gasteiger partial charge in [0, 0.05) is 18.3 Å². The maximum Gasteiger partial charge on any atom is 0.248 e. The highest BCUT2D eigenvalue weighted by molar-refractivity contribution is 7.81. The van der Waals surface area contributed by atoms with Crippen LogP contribution in [0.3, 0.4) is 0 Å². The molecule has 0 saturated heterocycles. The molecule has 140 valence electrons. The van der Waals surface area contributed by atoms with Crippen molar-refractivity contribution in [3.63, 3.8) is 0 Å². The number of hydrogen-bond acceptors (Lipinski definition) is 8. The number of aryl methyl sites for hydroxylation is 1. The Morgan fingerprint density at radius 3 is 2.70 bits per heavy atom. The molecule has 0 aliphatic heterocycles. The van der Waals surface area contributed by atoms with Crippen LogP contribution >= 0.6 is 24.4 Å². The summed E-state index contributed by atoms with van der Waals surface area (Å²) in [7, 11) is 1.59. The van der Waals surface area contributed by atoms with Crippen molar-refractivity contribution in [2.24, 2.45) is 0 Å². The summed E-state index contributed by atoms with van der Waals surface area (Å²) in [6.45, 7) is 1.81. The van der Waals surface area contributed by atoms with Gasteiger partial charge < -0.3 is 25.1 Å². The molecule has 3 rings (SSSR count). The van der Waals surface area contributed by atoms with Crippen molar-refractivity contribution in [3.05, 3.63) is 57.6 Å². The van der Waals surface area contributed by atoms with E-state index in [-0.39, 0.29) is 5.56 Å². The van der Waals surface area contributed by atoms with Crippen LogP contribution in [0.25, 0.3) is 0 Å². The van der Waals surface area contributed by atoms with Gasteiger partial charge in [0.15, 0.2) is 5.82 Å². The molecule has 0 fully saturated rings. The molecule has 0 radical (unpaired) electrons. The minimum atomic E-state index is -0.177. The van der Waals surface area contributed by atoms with Crippen molar-refractivity contribution >= 4 is 53.2 Å². The number of anilines is 5. The molecule has 0 spiro atoms. The van der Waals surface area contributed by atoms with Crippen LogP contribution in [-0.4, -0.2) is 22.1 Å². The Labute approximate surface area is 165 Å². The highest BCUT2D eigenvalue weighted by Crippen LogP contribution is 2.32. The van der Waals surface area contributed by atoms with Crippen LogP contribution in [-0.2, 0) is 0 Å². The number of pyridine rings is 1. The van der Waals surface area contributed by atoms with Crippen LogP contribution in [0, 0.1) is 6.92 Å². The normalized spacial score (nSPS) is 10.4. The summed E-state index contributed by atoms with van der Waals surface area (Å²) in [6, 6.07) is 6.89. The number of aromatic amines is 1. The molecule has 2 aromatic heterocycles. The average molecular weight is 405 g/mol. The lowest BCUT2D eigenvalue weighted by Crippen LogP contribution is -2.08. The molecule has 2 heterocycles. The highest BCUT2D eigenvalue weighted by Gasteiger charge is 2.10. The van der Waals surface area contributed by atoms with Gasteiger partial charge in [-0.1, -0.05) is 24.4 Å². The third-order valence-corrected chi connectivity index (χ3v) is 4.24. The van der Waals surface area contributed by atoms with Gasteiger partial charge in [0.25, 0.3) is 0 Å². The topological polar surface area (TPSA) is 104 Å². The number of methoxy groups -OCH3 is 1. The summed E-state index contributed by atoms with van der Waals surface area (Å²) in [5, 5.41) is 6.55. The third kappa shape index (κ3) is 4.44. The number of nitrogens with one attached hydrogen (secondary N) is 4. The Bertz CT molecular complexity index is 1030. The first-order chi connectivity index (χ1) is 13.0. The summed E-state index contributed by atoms with van der Waals surface area (Å²) in [6.07, 6.45) is 3.05. The van der Waals surface area contributed by atoms with E-state index >= 15 is 0 Å². The Hall–Kier alpha value is -2.91. The first-order valence-corrected chi connectivity index (χ1v) is 8.66. The summed E-state index contributed by atoms with van der Waals surface area (Å²) in [5.74, 6) is 1.42. The summed E-state index contributed by atoms with van der Waals surface area (Å²) in [5.41, 5.74) is 2.67. The van der Waals surface area contributed by atoms with Crippen LogP contribution in [0.5, 0.6) is 5.75 Å². The minimum absolute atomic E-state index is 0.177. The first kappa shape index (κ1) is 18.9. The van der Waals surface area contributed by atoms with Gasteiger partial charge in [-0.3, -0.25) is 4.79 Å². The number of aromatic nitrogens is 3. The summed E-state index contributed by atoms with van der Waals surface area (Å²) < 4.78 is 8.00. The lowest BCUT2D eigenvalue weighted by atomic mass is 10.2. The molecule has 0 saturated carbocycles. The van der Waals surface area contributed by atoms with E-state index in [1.54, 1.807) is 25.4 Å². The van der Waals surface area contributed by atoms with Crippen molar-refractivity contribution in [2.75, 3.05) is 22.5 Å². The monoisotopic (exact) mass is 404 g/mol. The lowest BCUT2D eigenvalue weighted by molar-refractivity contribution is 0.415. The summed E-state index contributed by atoms with van der Waals surface area (Å²) in [4.78, 5) is 22.5. The number of nitrogens with zero attached hydrogens (tertiary/aromatic N) is 2. The van der Waals surface area contributed by atoms with Gasteiger partial charge in [-0.2, -0.15) is 4.98 Å². The molecule has 0 unspecified atom stereocenters. The number of hydrogen-bond donors (Lipinski definition) is 5. The van der Waals surface area contributed by atoms with Crippen molar-refractivity contribution in [1.29, 1.82) is 0 Å². The van der Waals surface area contributed by atoms with Gasteiger partial charge >= 0.3 is 0 Å². The van der Waals surface area contributed by atoms with Crippen LogP contribution in [0.4, 0.5) is 28.8 Å². The molecule has 8 nitrogen and oxygen atoms in total. The van der Waals surface area contributed by atoms with Crippen molar-refractivity contribution < 1.29 is 4.74 Å². The molecular weight excluding hydrogens is 388 g/mol. The molecule has 4 N–H and O–H groups in total. The predicted molar refractivity (Wildman–Crippen MR) is 111 cm³/mol. The van der Waals surface area contributed by atoms with E-state index in [9.17, 15) is 4.79 Å². The molecule has 0 bridgehead atoms. The van der Waals surface area contributed by atoms with E-state index in [0.717, 1.165) is 5.56 Å². The largest absolute Gasteiger partial charge is 0.497 e. The van der Waals surface area contributed by atoms with E-state index in [4.69, 9.17) is 16.3 Å². The number of thiol groups is 1. The fourth-order valence-corrected chi connectivity index (χ4v) is 2.65. The molecule has 27 heavy (non-hydrogen) atoms. The standard InChI is InChI=1S/C17H17ClN6O2S/c1-9-5-15(25)19-8-14(9)22-17-20-7-11(18)16(23-17)21-12-4-3-10(26-2)6-13(12)24-27/h3-8,24,27H,1-2H3,(H,19,25)(H2,20,21,22,23). The molecule has 0 atom stereocenters. The zero-order chi connectivity index (χ0) is 19.4. The number of rotatable bonds is 6. The van der Waals surface area contributed by atoms with E-state index in [1.165, 1.54) is 12.3 Å². The Morgan fingerprint density at radius 1 is 1.19 bits per heavy atom. The van der Waals surface area contributed by atoms with E-state index in [0.29, 0.717) is 39.6 Å². The second kappa shape index (κ2) is 8.19. The Balaban J connectivity index is 1.89. The second-order valence-corrected chi connectivity index (χ2v) is 6.19. The van der Waals surface area contributed by atoms with E-state index < -0.39 is 0 Å². The molecule has 3 aromatic rings. The molecular formula is C17H17ClN6O2S. The van der Waals surface area contributed by atoms with Crippen LogP contribution in [0.2, 0.25) is 5.02 Å². The number of benzene rings is 1. The zero-order valence-corrected chi connectivity index (χ0v) is 16.2. The van der Waals surface area contributed by atoms with Crippen molar-refractivity contribution in [1.82, 2.24) is 15.0 Å². The molecule has 1 aromatic carbocycles. The third-order valence-electron chi connectivity index (χ3n) is 3.72. The van der Waals surface area contributed by atoms with Gasteiger partial charge in [-0.15, -0.1) is 0 Å². The fraction of sp³-hybridized carbons (Fsp3) is 0.118. The summed E-state index contributed by atoms with van der Waals surface area (Å²) >= 11 is 10.3. The molecule has 0 amide bonds. The highest BCUT2D eigenvalue weighted by atomic mass is 35.5. The van der Waals surface area contributed by atoms with Gasteiger partial charge in [0.2, 0.25) is 11.5 Å². The van der Waals surface area contributed by atoms with E-state index in [2.05, 4.69) is 43.1 Å². The quantitative estimate of drug-likeness (QED) is 0.397. The number of ether oxygens (including phenoxy) is 1. The van der Waals surface area contributed by atoms with E-state index in [1.807, 2.05) is 13.0 Å². The van der Waals surface area contributed by atoms with Crippen LogP contribution < -0.4 is 25.7 Å². The molecule has 10 heteroatoms. The van der Waals surface area contributed by atoms with Crippen molar-refractivity contribution in [2.45, 2.75) is 6.92 Å². The smallest absolute Gasteiger partial charge is 0.248 e.